The van der Waals surface area contributed by atoms with Gasteiger partial charge in [0.25, 0.3) is 0 Å². The van der Waals surface area contributed by atoms with Crippen LogP contribution in [0.1, 0.15) is 36.8 Å². The fraction of sp³-hybridized carbons (Fsp3) is 0.154. The maximum absolute atomic E-state index is 11.9. The SMILES string of the molecule is O=C1C=CCC/C1=C\c1ccc(Oc2ccc(/C=C3\CCC=CC3=O)cc2)cc1. The molecule has 3 heteroatoms. The second-order valence-corrected chi connectivity index (χ2v) is 7.19. The van der Waals surface area contributed by atoms with E-state index in [1.54, 1.807) is 12.2 Å². The lowest BCUT2D eigenvalue weighted by molar-refractivity contribution is -0.112. The van der Waals surface area contributed by atoms with Crippen LogP contribution in [0.25, 0.3) is 12.2 Å². The molecule has 0 heterocycles. The highest BCUT2D eigenvalue weighted by Gasteiger charge is 2.10. The van der Waals surface area contributed by atoms with Gasteiger partial charge in [0.2, 0.25) is 0 Å². The Bertz CT molecular complexity index is 947. The zero-order valence-electron chi connectivity index (χ0n) is 16.1. The summed E-state index contributed by atoms with van der Waals surface area (Å²) in [5.74, 6) is 1.66. The number of benzene rings is 2. The van der Waals surface area contributed by atoms with Gasteiger partial charge in [-0.05, 0) is 85.4 Å². The number of carbonyl (C=O) groups is 2. The van der Waals surface area contributed by atoms with Crippen LogP contribution in [0, 0.1) is 0 Å². The third-order valence-electron chi connectivity index (χ3n) is 5.01. The Kier molecular flexibility index (Phi) is 5.66. The maximum Gasteiger partial charge on any atom is 0.181 e. The molecule has 0 saturated heterocycles. The molecule has 2 aromatic rings. The zero-order valence-corrected chi connectivity index (χ0v) is 16.1. The van der Waals surface area contributed by atoms with Crippen molar-refractivity contribution >= 4 is 23.7 Å². The molecule has 0 radical (unpaired) electrons. The minimum absolute atomic E-state index is 0.0950. The predicted octanol–water partition coefficient (Wildman–Crippen LogP) is 6.08. The third-order valence-corrected chi connectivity index (χ3v) is 5.01. The molecule has 4 rings (SSSR count). The van der Waals surface area contributed by atoms with E-state index < -0.39 is 0 Å². The monoisotopic (exact) mass is 382 g/mol. The molecule has 0 fully saturated rings. The smallest absolute Gasteiger partial charge is 0.181 e. The van der Waals surface area contributed by atoms with Crippen LogP contribution in [-0.2, 0) is 9.59 Å². The highest BCUT2D eigenvalue weighted by atomic mass is 16.5. The summed E-state index contributed by atoms with van der Waals surface area (Å²) in [4.78, 5) is 23.7. The van der Waals surface area contributed by atoms with Crippen LogP contribution < -0.4 is 4.74 Å². The van der Waals surface area contributed by atoms with Crippen molar-refractivity contribution in [3.63, 3.8) is 0 Å². The molecule has 0 atom stereocenters. The quantitative estimate of drug-likeness (QED) is 0.602. The average Bonchev–Trinajstić information content (AvgIpc) is 2.74. The molecule has 0 aliphatic heterocycles. The van der Waals surface area contributed by atoms with Crippen LogP contribution in [0.2, 0.25) is 0 Å². The van der Waals surface area contributed by atoms with Gasteiger partial charge >= 0.3 is 0 Å². The van der Waals surface area contributed by atoms with Crippen molar-refractivity contribution in [2.75, 3.05) is 0 Å². The van der Waals surface area contributed by atoms with Crippen molar-refractivity contribution in [3.8, 4) is 11.5 Å². The van der Waals surface area contributed by atoms with Gasteiger partial charge in [0, 0.05) is 11.1 Å². The summed E-state index contributed by atoms with van der Waals surface area (Å²) in [5.41, 5.74) is 3.67. The van der Waals surface area contributed by atoms with E-state index in [0.717, 1.165) is 59.5 Å². The summed E-state index contributed by atoms with van der Waals surface area (Å²) in [5, 5.41) is 0. The van der Waals surface area contributed by atoms with Gasteiger partial charge in [0.05, 0.1) is 0 Å². The van der Waals surface area contributed by atoms with Crippen molar-refractivity contribution in [1.29, 1.82) is 0 Å². The summed E-state index contributed by atoms with van der Waals surface area (Å²) in [6.45, 7) is 0. The molecule has 3 nitrogen and oxygen atoms in total. The number of hydrogen-bond donors (Lipinski definition) is 0. The van der Waals surface area contributed by atoms with Crippen LogP contribution in [0.5, 0.6) is 11.5 Å². The number of ether oxygens (including phenoxy) is 1. The summed E-state index contributed by atoms with van der Waals surface area (Å²) < 4.78 is 5.91. The molecule has 0 spiro atoms. The van der Waals surface area contributed by atoms with Gasteiger partial charge in [-0.15, -0.1) is 0 Å². The van der Waals surface area contributed by atoms with Gasteiger partial charge < -0.3 is 4.74 Å². The van der Waals surface area contributed by atoms with E-state index in [9.17, 15) is 9.59 Å². The lowest BCUT2D eigenvalue weighted by Crippen LogP contribution is -2.02. The van der Waals surface area contributed by atoms with Gasteiger partial charge in [-0.2, -0.15) is 0 Å². The Balaban J connectivity index is 1.42. The van der Waals surface area contributed by atoms with Crippen molar-refractivity contribution in [1.82, 2.24) is 0 Å². The van der Waals surface area contributed by atoms with Crippen molar-refractivity contribution in [2.24, 2.45) is 0 Å². The first-order chi connectivity index (χ1) is 14.2. The van der Waals surface area contributed by atoms with E-state index in [1.807, 2.05) is 72.8 Å². The maximum atomic E-state index is 11.9. The van der Waals surface area contributed by atoms with Crippen molar-refractivity contribution < 1.29 is 14.3 Å². The molecule has 0 bridgehead atoms. The number of ketones is 2. The van der Waals surface area contributed by atoms with Crippen LogP contribution in [0.4, 0.5) is 0 Å². The Morgan fingerprint density at radius 1 is 0.621 bits per heavy atom. The highest BCUT2D eigenvalue weighted by molar-refractivity contribution is 6.08. The number of allylic oxidation sites excluding steroid dienone is 6. The fourth-order valence-electron chi connectivity index (χ4n) is 3.41. The fourth-order valence-corrected chi connectivity index (χ4v) is 3.41. The second kappa shape index (κ2) is 8.70. The Hall–Kier alpha value is -3.46. The normalized spacial score (nSPS) is 19.2. The Morgan fingerprint density at radius 3 is 1.41 bits per heavy atom. The van der Waals surface area contributed by atoms with Gasteiger partial charge in [0.1, 0.15) is 11.5 Å². The number of carbonyl (C=O) groups excluding carboxylic acids is 2. The molecule has 2 aliphatic carbocycles. The van der Waals surface area contributed by atoms with Gasteiger partial charge in [-0.3, -0.25) is 9.59 Å². The van der Waals surface area contributed by atoms with E-state index in [2.05, 4.69) is 0 Å². The average molecular weight is 382 g/mol. The predicted molar refractivity (Wildman–Crippen MR) is 116 cm³/mol. The minimum Gasteiger partial charge on any atom is -0.457 e. The lowest BCUT2D eigenvalue weighted by Gasteiger charge is -2.09. The van der Waals surface area contributed by atoms with E-state index in [0.29, 0.717) is 0 Å². The summed E-state index contributed by atoms with van der Waals surface area (Å²) >= 11 is 0. The summed E-state index contributed by atoms with van der Waals surface area (Å²) in [6.07, 6.45) is 14.4. The lowest BCUT2D eigenvalue weighted by atomic mass is 9.97. The van der Waals surface area contributed by atoms with E-state index in [-0.39, 0.29) is 11.6 Å². The van der Waals surface area contributed by atoms with Crippen LogP contribution >= 0.6 is 0 Å². The van der Waals surface area contributed by atoms with Crippen LogP contribution in [0.15, 0.2) is 84.0 Å². The van der Waals surface area contributed by atoms with Crippen LogP contribution in [-0.4, -0.2) is 11.6 Å². The Morgan fingerprint density at radius 2 is 1.03 bits per heavy atom. The standard InChI is InChI=1S/C26H22O3/c27-25-7-3-1-5-21(25)17-19-9-13-23(14-10-19)29-24-15-11-20(12-16-24)18-22-6-2-4-8-26(22)28/h3-4,7-18H,1-2,5-6H2/b21-17+,22-18+. The highest BCUT2D eigenvalue weighted by Crippen LogP contribution is 2.25. The molecule has 0 saturated carbocycles. The topological polar surface area (TPSA) is 43.4 Å². The van der Waals surface area contributed by atoms with Crippen LogP contribution in [0.3, 0.4) is 0 Å². The third kappa shape index (κ3) is 4.88. The first-order valence-electron chi connectivity index (χ1n) is 9.88. The number of hydrogen-bond acceptors (Lipinski definition) is 3. The van der Waals surface area contributed by atoms with E-state index in [1.165, 1.54) is 0 Å². The molecule has 0 unspecified atom stereocenters. The summed E-state index contributed by atoms with van der Waals surface area (Å²) in [6, 6.07) is 15.4. The molecule has 0 N–H and O–H groups in total. The van der Waals surface area contributed by atoms with Crippen molar-refractivity contribution in [2.45, 2.75) is 25.7 Å². The minimum atomic E-state index is 0.0950. The molecule has 144 valence electrons. The summed E-state index contributed by atoms with van der Waals surface area (Å²) in [7, 11) is 0. The molecule has 2 aliphatic rings. The second-order valence-electron chi connectivity index (χ2n) is 7.19. The molecule has 2 aromatic carbocycles. The number of rotatable bonds is 4. The van der Waals surface area contributed by atoms with E-state index in [4.69, 9.17) is 4.74 Å². The molecule has 0 aromatic heterocycles. The molecule has 29 heavy (non-hydrogen) atoms. The molecular weight excluding hydrogens is 360 g/mol. The first kappa shape index (κ1) is 18.9. The molecule has 0 amide bonds. The Labute approximate surface area is 170 Å². The van der Waals surface area contributed by atoms with E-state index >= 15 is 0 Å². The van der Waals surface area contributed by atoms with Gasteiger partial charge in [-0.25, -0.2) is 0 Å². The van der Waals surface area contributed by atoms with Crippen molar-refractivity contribution in [3.05, 3.63) is 95.1 Å². The zero-order chi connectivity index (χ0) is 20.1. The first-order valence-corrected chi connectivity index (χ1v) is 9.88. The molecular formula is C26H22O3. The van der Waals surface area contributed by atoms with Gasteiger partial charge in [-0.1, -0.05) is 36.4 Å². The largest absolute Gasteiger partial charge is 0.457 e. The van der Waals surface area contributed by atoms with Gasteiger partial charge in [0.15, 0.2) is 11.6 Å².